The second-order valence-electron chi connectivity index (χ2n) is 7.25. The second kappa shape index (κ2) is 6.30. The molecule has 0 aliphatic heterocycles. The molecule has 0 fully saturated rings. The van der Waals surface area contributed by atoms with E-state index in [4.69, 9.17) is 4.52 Å². The summed E-state index contributed by atoms with van der Waals surface area (Å²) in [5, 5.41) is 7.24. The fraction of sp³-hybridized carbons (Fsp3) is 0.238. The summed E-state index contributed by atoms with van der Waals surface area (Å²) in [4.78, 5) is 21.3. The highest BCUT2D eigenvalue weighted by Gasteiger charge is 2.26. The van der Waals surface area contributed by atoms with E-state index in [-0.39, 0.29) is 11.9 Å². The number of carbonyl (C=O) groups is 1. The van der Waals surface area contributed by atoms with E-state index >= 15 is 0 Å². The summed E-state index contributed by atoms with van der Waals surface area (Å²) in [7, 11) is 0. The van der Waals surface area contributed by atoms with E-state index in [9.17, 15) is 4.79 Å². The summed E-state index contributed by atoms with van der Waals surface area (Å²) >= 11 is 0. The number of carbonyl (C=O) groups excluding carboxylic acids is 1. The van der Waals surface area contributed by atoms with Crippen LogP contribution in [0.15, 0.2) is 47.4 Å². The number of amides is 1. The Bertz CT molecular complexity index is 1210. The van der Waals surface area contributed by atoms with Gasteiger partial charge < -0.3 is 9.84 Å². The Morgan fingerprint density at radius 2 is 2.07 bits per heavy atom. The molecule has 1 aliphatic carbocycles. The zero-order valence-corrected chi connectivity index (χ0v) is 15.6. The molecular weight excluding hydrogens is 354 g/mol. The third-order valence-electron chi connectivity index (χ3n) is 5.18. The number of rotatable bonds is 3. The minimum absolute atomic E-state index is 0.0149. The summed E-state index contributed by atoms with van der Waals surface area (Å²) in [6.07, 6.45) is 6.97. The average Bonchev–Trinajstić information content (AvgIpc) is 3.39. The van der Waals surface area contributed by atoms with E-state index < -0.39 is 0 Å². The van der Waals surface area contributed by atoms with Crippen LogP contribution in [-0.2, 0) is 6.42 Å². The smallest absolute Gasteiger partial charge is 0.270 e. The lowest BCUT2D eigenvalue weighted by molar-refractivity contribution is 0.0930. The summed E-state index contributed by atoms with van der Waals surface area (Å²) in [6, 6.07) is 8.16. The van der Waals surface area contributed by atoms with Crippen LogP contribution in [0.25, 0.3) is 17.0 Å². The highest BCUT2D eigenvalue weighted by atomic mass is 16.5. The predicted octanol–water partition coefficient (Wildman–Crippen LogP) is 3.42. The lowest BCUT2D eigenvalue weighted by Crippen LogP contribution is -2.28. The number of imidazole rings is 1. The molecule has 0 unspecified atom stereocenters. The largest absolute Gasteiger partial charge is 0.361 e. The van der Waals surface area contributed by atoms with Gasteiger partial charge in [-0.05, 0) is 49.4 Å². The van der Waals surface area contributed by atoms with Gasteiger partial charge in [-0.3, -0.25) is 9.20 Å². The molecule has 5 rings (SSSR count). The first-order valence-electron chi connectivity index (χ1n) is 9.25. The van der Waals surface area contributed by atoms with Gasteiger partial charge in [-0.1, -0.05) is 17.3 Å². The number of aryl methyl sites for hydroxylation is 3. The molecule has 4 aromatic rings. The second-order valence-corrected chi connectivity index (χ2v) is 7.25. The monoisotopic (exact) mass is 373 g/mol. The summed E-state index contributed by atoms with van der Waals surface area (Å²) in [6.45, 7) is 3.82. The molecule has 28 heavy (non-hydrogen) atoms. The van der Waals surface area contributed by atoms with Gasteiger partial charge in [0.15, 0.2) is 0 Å². The molecule has 0 saturated carbocycles. The minimum Gasteiger partial charge on any atom is -0.361 e. The quantitative estimate of drug-likeness (QED) is 0.595. The molecule has 0 bridgehead atoms. The number of hydrogen-bond donors (Lipinski definition) is 1. The van der Waals surface area contributed by atoms with E-state index in [1.165, 1.54) is 5.56 Å². The molecule has 0 spiro atoms. The van der Waals surface area contributed by atoms with Gasteiger partial charge in [0.25, 0.3) is 5.91 Å². The molecular formula is C21H19N5O2. The molecule has 3 heterocycles. The van der Waals surface area contributed by atoms with Crippen LogP contribution in [0, 0.1) is 13.8 Å². The lowest BCUT2D eigenvalue weighted by atomic mass is 10.0. The molecule has 7 nitrogen and oxygen atoms in total. The van der Waals surface area contributed by atoms with Crippen LogP contribution >= 0.6 is 0 Å². The third kappa shape index (κ3) is 2.76. The fourth-order valence-electron chi connectivity index (χ4n) is 3.80. The standard InChI is InChI=1S/C21H19N5O2/c1-12-9-22-21-23-10-19(26(21)11-12)20(27)24-17-6-4-14-8-15(3-5-16(14)17)18-7-13(2)28-25-18/h3,5,7-11,17H,4,6H2,1-2H3,(H,24,27)/t17-/m1/s1. The third-order valence-corrected chi connectivity index (χ3v) is 5.18. The lowest BCUT2D eigenvalue weighted by Gasteiger charge is -2.14. The van der Waals surface area contributed by atoms with E-state index in [0.717, 1.165) is 41.0 Å². The Labute approximate surface area is 161 Å². The van der Waals surface area contributed by atoms with Crippen LogP contribution in [0.1, 0.15) is 45.4 Å². The van der Waals surface area contributed by atoms with Crippen molar-refractivity contribution in [1.82, 2.24) is 24.8 Å². The van der Waals surface area contributed by atoms with Gasteiger partial charge in [-0.25, -0.2) is 9.97 Å². The van der Waals surface area contributed by atoms with Gasteiger partial charge in [-0.2, -0.15) is 0 Å². The van der Waals surface area contributed by atoms with Gasteiger partial charge in [-0.15, -0.1) is 0 Å². The van der Waals surface area contributed by atoms with Gasteiger partial charge in [0.2, 0.25) is 5.78 Å². The molecule has 1 amide bonds. The van der Waals surface area contributed by atoms with E-state index in [0.29, 0.717) is 11.5 Å². The van der Waals surface area contributed by atoms with Crippen molar-refractivity contribution in [3.8, 4) is 11.3 Å². The van der Waals surface area contributed by atoms with Gasteiger partial charge in [0.05, 0.1) is 12.2 Å². The topological polar surface area (TPSA) is 85.3 Å². The molecule has 1 aliphatic rings. The summed E-state index contributed by atoms with van der Waals surface area (Å²) in [5.74, 6) is 1.17. The van der Waals surface area contributed by atoms with E-state index in [1.807, 2.05) is 32.2 Å². The molecule has 1 N–H and O–H groups in total. The van der Waals surface area contributed by atoms with Crippen LogP contribution in [0.2, 0.25) is 0 Å². The predicted molar refractivity (Wildman–Crippen MR) is 103 cm³/mol. The molecule has 0 saturated heterocycles. The summed E-state index contributed by atoms with van der Waals surface area (Å²) < 4.78 is 6.91. The molecule has 3 aromatic heterocycles. The van der Waals surface area contributed by atoms with Gasteiger partial charge in [0.1, 0.15) is 17.1 Å². The molecule has 1 aromatic carbocycles. The first-order chi connectivity index (χ1) is 13.6. The van der Waals surface area contributed by atoms with E-state index in [1.54, 1.807) is 16.8 Å². The maximum absolute atomic E-state index is 12.9. The van der Waals surface area contributed by atoms with Crippen molar-refractivity contribution in [3.05, 3.63) is 71.0 Å². The number of benzene rings is 1. The minimum atomic E-state index is -0.144. The van der Waals surface area contributed by atoms with Crippen molar-refractivity contribution in [2.24, 2.45) is 0 Å². The maximum atomic E-state index is 12.9. The van der Waals surface area contributed by atoms with Crippen molar-refractivity contribution >= 4 is 11.7 Å². The normalized spacial score (nSPS) is 15.7. The fourth-order valence-corrected chi connectivity index (χ4v) is 3.80. The van der Waals surface area contributed by atoms with Crippen LogP contribution in [0.4, 0.5) is 0 Å². The first kappa shape index (κ1) is 16.7. The number of nitrogens with zero attached hydrogens (tertiary/aromatic N) is 4. The molecule has 0 radical (unpaired) electrons. The van der Waals surface area contributed by atoms with Crippen molar-refractivity contribution in [2.45, 2.75) is 32.7 Å². The van der Waals surface area contributed by atoms with Crippen LogP contribution in [0.5, 0.6) is 0 Å². The highest BCUT2D eigenvalue weighted by molar-refractivity contribution is 5.93. The average molecular weight is 373 g/mol. The molecule has 1 atom stereocenters. The number of nitrogens with one attached hydrogen (secondary N) is 1. The Morgan fingerprint density at radius 3 is 2.89 bits per heavy atom. The van der Waals surface area contributed by atoms with Crippen LogP contribution < -0.4 is 5.32 Å². The van der Waals surface area contributed by atoms with E-state index in [2.05, 4.69) is 32.6 Å². The Kier molecular flexibility index (Phi) is 3.75. The highest BCUT2D eigenvalue weighted by Crippen LogP contribution is 2.34. The number of hydrogen-bond acceptors (Lipinski definition) is 5. The SMILES string of the molecule is Cc1cnc2ncc(C(=O)N[C@@H]3CCc4cc(-c5cc(C)on5)ccc43)n2c1. The van der Waals surface area contributed by atoms with Crippen LogP contribution in [0.3, 0.4) is 0 Å². The van der Waals surface area contributed by atoms with Crippen molar-refractivity contribution in [1.29, 1.82) is 0 Å². The van der Waals surface area contributed by atoms with Gasteiger partial charge >= 0.3 is 0 Å². The Morgan fingerprint density at radius 1 is 1.21 bits per heavy atom. The Hall–Kier alpha value is -3.48. The van der Waals surface area contributed by atoms with Crippen molar-refractivity contribution in [2.75, 3.05) is 0 Å². The molecule has 7 heteroatoms. The van der Waals surface area contributed by atoms with Crippen molar-refractivity contribution in [3.63, 3.8) is 0 Å². The maximum Gasteiger partial charge on any atom is 0.270 e. The van der Waals surface area contributed by atoms with Gasteiger partial charge in [0, 0.05) is 24.0 Å². The van der Waals surface area contributed by atoms with Crippen molar-refractivity contribution < 1.29 is 9.32 Å². The zero-order valence-electron chi connectivity index (χ0n) is 15.6. The summed E-state index contributed by atoms with van der Waals surface area (Å²) in [5.41, 5.74) is 5.72. The van der Waals surface area contributed by atoms with Crippen LogP contribution in [-0.4, -0.2) is 25.4 Å². The number of fused-ring (bicyclic) bond motifs is 2. The zero-order chi connectivity index (χ0) is 19.3. The number of aromatic nitrogens is 4. The Balaban J connectivity index is 1.40. The first-order valence-corrected chi connectivity index (χ1v) is 9.25. The molecule has 140 valence electrons.